The van der Waals surface area contributed by atoms with Gasteiger partial charge in [0.15, 0.2) is 6.10 Å². The van der Waals surface area contributed by atoms with E-state index in [1.54, 1.807) is 6.92 Å². The summed E-state index contributed by atoms with van der Waals surface area (Å²) in [6.45, 7) is 5.68. The third kappa shape index (κ3) is 6.11. The van der Waals surface area contributed by atoms with Crippen molar-refractivity contribution >= 4 is 5.97 Å². The normalized spacial score (nSPS) is 15.7. The van der Waals surface area contributed by atoms with Gasteiger partial charge in [-0.2, -0.15) is 0 Å². The minimum absolute atomic E-state index is 0.196. The molecule has 0 amide bonds. The molecule has 3 aromatic carbocycles. The van der Waals surface area contributed by atoms with E-state index in [9.17, 15) is 9.90 Å². The number of aryl methyl sites for hydroxylation is 3. The van der Waals surface area contributed by atoms with Gasteiger partial charge in [-0.3, -0.25) is 4.90 Å². The highest BCUT2D eigenvalue weighted by Crippen LogP contribution is 2.36. The lowest BCUT2D eigenvalue weighted by atomic mass is 9.92. The highest BCUT2D eigenvalue weighted by atomic mass is 16.5. The molecule has 35 heavy (non-hydrogen) atoms. The zero-order valence-electron chi connectivity index (χ0n) is 20.9. The van der Waals surface area contributed by atoms with Crippen molar-refractivity contribution < 1.29 is 19.4 Å². The molecule has 2 atom stereocenters. The Morgan fingerprint density at radius 2 is 1.74 bits per heavy atom. The molecule has 0 fully saturated rings. The third-order valence-corrected chi connectivity index (χ3v) is 6.75. The van der Waals surface area contributed by atoms with E-state index in [4.69, 9.17) is 9.47 Å². The first-order chi connectivity index (χ1) is 17.0. The second-order valence-corrected chi connectivity index (χ2v) is 9.26. The molecule has 0 spiro atoms. The number of carboxylic acid groups (broad SMARTS) is 1. The number of rotatable bonds is 10. The molecular weight excluding hydrogens is 438 g/mol. The van der Waals surface area contributed by atoms with Crippen molar-refractivity contribution in [1.82, 2.24) is 4.90 Å². The Kier molecular flexibility index (Phi) is 8.21. The molecule has 0 radical (unpaired) electrons. The van der Waals surface area contributed by atoms with Gasteiger partial charge in [-0.25, -0.2) is 4.79 Å². The first-order valence-electron chi connectivity index (χ1n) is 12.4. The first-order valence-corrected chi connectivity index (χ1v) is 12.4. The highest BCUT2D eigenvalue weighted by molar-refractivity contribution is 5.72. The summed E-state index contributed by atoms with van der Waals surface area (Å²) in [5, 5.41) is 9.30. The Bertz CT molecular complexity index is 1140. The molecule has 0 heterocycles. The van der Waals surface area contributed by atoms with Gasteiger partial charge in [0.05, 0.1) is 6.04 Å². The minimum Gasteiger partial charge on any atom is -0.492 e. The van der Waals surface area contributed by atoms with Crippen LogP contribution >= 0.6 is 0 Å². The van der Waals surface area contributed by atoms with E-state index in [0.717, 1.165) is 30.7 Å². The van der Waals surface area contributed by atoms with Crippen LogP contribution in [0.5, 0.6) is 5.75 Å². The molecule has 0 saturated carbocycles. The molecule has 5 nitrogen and oxygen atoms in total. The van der Waals surface area contributed by atoms with Crippen molar-refractivity contribution in [2.75, 3.05) is 26.8 Å². The number of hydrogen-bond donors (Lipinski definition) is 1. The zero-order valence-corrected chi connectivity index (χ0v) is 20.9. The Balaban J connectivity index is 1.42. The maximum absolute atomic E-state index is 11.3. The monoisotopic (exact) mass is 473 g/mol. The maximum Gasteiger partial charge on any atom is 0.333 e. The van der Waals surface area contributed by atoms with Gasteiger partial charge in [0.25, 0.3) is 0 Å². The molecule has 2 unspecified atom stereocenters. The number of likely N-dealkylation sites (N-methyl/N-ethyl adjacent to an activating group) is 1. The third-order valence-electron chi connectivity index (χ3n) is 6.75. The van der Waals surface area contributed by atoms with Crippen molar-refractivity contribution in [1.29, 1.82) is 0 Å². The number of nitrogens with zero attached hydrogens (tertiary/aromatic N) is 1. The van der Waals surface area contributed by atoms with Crippen molar-refractivity contribution in [3.05, 3.63) is 100 Å². The Morgan fingerprint density at radius 3 is 2.49 bits per heavy atom. The topological polar surface area (TPSA) is 59.0 Å². The minimum atomic E-state index is -0.938. The van der Waals surface area contributed by atoms with Crippen LogP contribution in [-0.4, -0.2) is 48.9 Å². The summed E-state index contributed by atoms with van der Waals surface area (Å²) in [6, 6.07) is 23.5. The molecular formula is C30H35NO4. The smallest absolute Gasteiger partial charge is 0.333 e. The van der Waals surface area contributed by atoms with Gasteiger partial charge in [0.2, 0.25) is 0 Å². The summed E-state index contributed by atoms with van der Waals surface area (Å²) in [5.41, 5.74) is 7.83. The van der Waals surface area contributed by atoms with Gasteiger partial charge < -0.3 is 14.6 Å². The Morgan fingerprint density at radius 1 is 1.03 bits per heavy atom. The summed E-state index contributed by atoms with van der Waals surface area (Å²) in [7, 11) is 2.17. The van der Waals surface area contributed by atoms with Gasteiger partial charge in [-0.15, -0.1) is 0 Å². The second-order valence-electron chi connectivity index (χ2n) is 9.26. The van der Waals surface area contributed by atoms with E-state index >= 15 is 0 Å². The second kappa shape index (κ2) is 11.5. The van der Waals surface area contributed by atoms with Gasteiger partial charge >= 0.3 is 5.97 Å². The lowest BCUT2D eigenvalue weighted by Gasteiger charge is -2.30. The van der Waals surface area contributed by atoms with E-state index < -0.39 is 12.1 Å². The Labute approximate surface area is 208 Å². The summed E-state index contributed by atoms with van der Waals surface area (Å²) < 4.78 is 11.4. The van der Waals surface area contributed by atoms with Crippen LogP contribution < -0.4 is 4.74 Å². The lowest BCUT2D eigenvalue weighted by molar-refractivity contribution is -0.149. The maximum atomic E-state index is 11.3. The van der Waals surface area contributed by atoms with Crippen molar-refractivity contribution in [3.63, 3.8) is 0 Å². The fraction of sp³-hybridized carbons (Fsp3) is 0.367. The average Bonchev–Trinajstić information content (AvgIpc) is 3.01. The Hall–Kier alpha value is -3.15. The molecule has 0 aliphatic heterocycles. The fourth-order valence-corrected chi connectivity index (χ4v) is 4.95. The summed E-state index contributed by atoms with van der Waals surface area (Å²) >= 11 is 0. The van der Waals surface area contributed by atoms with Crippen LogP contribution in [0.15, 0.2) is 66.7 Å². The number of benzene rings is 3. The number of ether oxygens (including phenoxy) is 2. The van der Waals surface area contributed by atoms with Crippen LogP contribution in [0.1, 0.15) is 46.3 Å². The number of fused-ring (bicyclic) bond motifs is 2. The molecule has 4 rings (SSSR count). The van der Waals surface area contributed by atoms with Gasteiger partial charge in [-0.1, -0.05) is 60.2 Å². The van der Waals surface area contributed by atoms with Crippen molar-refractivity contribution in [3.8, 4) is 5.75 Å². The average molecular weight is 474 g/mol. The largest absolute Gasteiger partial charge is 0.492 e. The summed E-state index contributed by atoms with van der Waals surface area (Å²) in [4.78, 5) is 13.7. The number of carboxylic acids is 1. The van der Waals surface area contributed by atoms with Crippen LogP contribution in [0.25, 0.3) is 0 Å². The van der Waals surface area contributed by atoms with Gasteiger partial charge in [-0.05, 0) is 73.7 Å². The van der Waals surface area contributed by atoms with E-state index in [1.807, 2.05) is 24.3 Å². The molecule has 3 aromatic rings. The predicted molar refractivity (Wildman–Crippen MR) is 138 cm³/mol. The van der Waals surface area contributed by atoms with E-state index in [-0.39, 0.29) is 6.04 Å². The molecule has 5 heteroatoms. The molecule has 1 N–H and O–H groups in total. The molecule has 184 valence electrons. The number of hydrogen-bond acceptors (Lipinski definition) is 4. The summed E-state index contributed by atoms with van der Waals surface area (Å²) in [6.07, 6.45) is 1.64. The predicted octanol–water partition coefficient (Wildman–Crippen LogP) is 5.23. The van der Waals surface area contributed by atoms with E-state index in [2.05, 4.69) is 61.3 Å². The van der Waals surface area contributed by atoms with Crippen LogP contribution in [0.3, 0.4) is 0 Å². The van der Waals surface area contributed by atoms with Crippen LogP contribution in [0, 0.1) is 6.92 Å². The standard InChI is InChI=1S/C30H35NO4/c1-4-34-28(30(32)33)20-22-10-14-25(15-11-22)35-18-17-31(3)29-26-8-6-5-7-23(26)12-13-24-19-21(2)9-16-27(24)29/h5-11,14-16,19,28-29H,4,12-13,17-18,20H2,1-3H3,(H,32,33). The first kappa shape index (κ1) is 25.0. The van der Waals surface area contributed by atoms with Crippen LogP contribution in [0.2, 0.25) is 0 Å². The molecule has 0 saturated heterocycles. The molecule has 1 aliphatic carbocycles. The fourth-order valence-electron chi connectivity index (χ4n) is 4.95. The van der Waals surface area contributed by atoms with E-state index in [1.165, 1.54) is 27.8 Å². The molecule has 0 bridgehead atoms. The summed E-state index contributed by atoms with van der Waals surface area (Å²) in [5.74, 6) is -0.158. The lowest BCUT2D eigenvalue weighted by Crippen LogP contribution is -2.30. The van der Waals surface area contributed by atoms with Crippen LogP contribution in [0.4, 0.5) is 0 Å². The number of carbonyl (C=O) groups is 1. The van der Waals surface area contributed by atoms with Crippen molar-refractivity contribution in [2.45, 2.75) is 45.3 Å². The number of aliphatic carboxylic acids is 1. The van der Waals surface area contributed by atoms with Gasteiger partial charge in [0, 0.05) is 19.6 Å². The van der Waals surface area contributed by atoms with Gasteiger partial charge in [0.1, 0.15) is 12.4 Å². The molecule has 0 aromatic heterocycles. The quantitative estimate of drug-likeness (QED) is 0.437. The van der Waals surface area contributed by atoms with Crippen molar-refractivity contribution in [2.24, 2.45) is 0 Å². The highest BCUT2D eigenvalue weighted by Gasteiger charge is 2.26. The van der Waals surface area contributed by atoms with Crippen LogP contribution in [-0.2, 0) is 28.8 Å². The zero-order chi connectivity index (χ0) is 24.8. The SMILES string of the molecule is CCOC(Cc1ccc(OCCN(C)C2c3ccccc3CCc3cc(C)ccc32)cc1)C(=O)O. The molecule has 1 aliphatic rings. The van der Waals surface area contributed by atoms with E-state index in [0.29, 0.717) is 19.6 Å².